The van der Waals surface area contributed by atoms with Gasteiger partial charge in [0.1, 0.15) is 5.78 Å². The van der Waals surface area contributed by atoms with Gasteiger partial charge < -0.3 is 10.6 Å². The average molecular weight is 479 g/mol. The zero-order valence-corrected chi connectivity index (χ0v) is 20.4. The summed E-state index contributed by atoms with van der Waals surface area (Å²) in [6.07, 6.45) is 1.78. The highest BCUT2D eigenvalue weighted by atomic mass is 16.2. The molecule has 3 N–H and O–H groups in total. The summed E-state index contributed by atoms with van der Waals surface area (Å²) < 4.78 is 0. The molecule has 0 fully saturated rings. The summed E-state index contributed by atoms with van der Waals surface area (Å²) in [5.74, 6) is -2.97. The van der Waals surface area contributed by atoms with Crippen LogP contribution in [0.2, 0.25) is 0 Å². The lowest BCUT2D eigenvalue weighted by Crippen LogP contribution is -2.35. The number of carbonyl (C=O) groups excluding carboxylic acids is 4. The Kier molecular flexibility index (Phi) is 11.3. The minimum Gasteiger partial charge on any atom is -0.361 e. The lowest BCUT2D eigenvalue weighted by molar-refractivity contribution is -0.137. The molecule has 1 atom stereocenters. The van der Waals surface area contributed by atoms with Gasteiger partial charge in [-0.3, -0.25) is 19.2 Å². The first-order valence-electron chi connectivity index (χ1n) is 11.9. The molecule has 2 aromatic rings. The van der Waals surface area contributed by atoms with Crippen molar-refractivity contribution < 1.29 is 19.2 Å². The van der Waals surface area contributed by atoms with E-state index in [9.17, 15) is 19.2 Å². The molecule has 0 aliphatic rings. The third-order valence-electron chi connectivity index (χ3n) is 5.60. The normalized spacial score (nSPS) is 12.0. The number of carbonyl (C=O) groups is 4. The van der Waals surface area contributed by atoms with Gasteiger partial charge >= 0.3 is 11.8 Å². The van der Waals surface area contributed by atoms with Crippen molar-refractivity contribution in [1.29, 1.82) is 0 Å². The number of Topliss-reactive ketones (excluding diaryl/α,β-unsaturated/α-hetero) is 1. The first-order chi connectivity index (χ1) is 16.8. The Morgan fingerprint density at radius 1 is 0.857 bits per heavy atom. The Balaban J connectivity index is 2.10. The number of ketones is 1. The highest BCUT2D eigenvalue weighted by molar-refractivity contribution is 6.34. The summed E-state index contributed by atoms with van der Waals surface area (Å²) in [7, 11) is 0. The predicted molar refractivity (Wildman–Crippen MR) is 135 cm³/mol. The number of primary amides is 1. The molecule has 8 heteroatoms. The van der Waals surface area contributed by atoms with Crippen molar-refractivity contribution in [2.24, 2.45) is 16.8 Å². The highest BCUT2D eigenvalue weighted by Gasteiger charge is 2.24. The van der Waals surface area contributed by atoms with Crippen molar-refractivity contribution >= 4 is 29.2 Å². The van der Waals surface area contributed by atoms with Crippen molar-refractivity contribution in [1.82, 2.24) is 10.3 Å². The molecule has 8 nitrogen and oxygen atoms in total. The number of nitrogens with two attached hydrogens (primary N) is 1. The first-order valence-corrected chi connectivity index (χ1v) is 11.9. The van der Waals surface area contributed by atoms with Crippen LogP contribution in [0, 0.1) is 5.92 Å². The minimum atomic E-state index is -1.15. The van der Waals surface area contributed by atoms with Gasteiger partial charge in [0.05, 0.1) is 5.92 Å². The van der Waals surface area contributed by atoms with Crippen LogP contribution in [-0.4, -0.2) is 34.1 Å². The van der Waals surface area contributed by atoms with Crippen molar-refractivity contribution in [3.63, 3.8) is 0 Å². The monoisotopic (exact) mass is 478 g/mol. The molecule has 2 rings (SSSR count). The molecule has 0 unspecified atom stereocenters. The average Bonchev–Trinajstić information content (AvgIpc) is 2.86. The molecule has 3 amide bonds. The van der Waals surface area contributed by atoms with Gasteiger partial charge in [-0.15, -0.1) is 0 Å². The fourth-order valence-corrected chi connectivity index (χ4v) is 3.79. The van der Waals surface area contributed by atoms with E-state index in [1.165, 1.54) is 0 Å². The van der Waals surface area contributed by atoms with Crippen LogP contribution >= 0.6 is 0 Å². The van der Waals surface area contributed by atoms with Crippen molar-refractivity contribution in [2.75, 3.05) is 0 Å². The van der Waals surface area contributed by atoms with Gasteiger partial charge in [0.15, 0.2) is 0 Å². The smallest absolute Gasteiger partial charge is 0.329 e. The Bertz CT molecular complexity index is 980. The summed E-state index contributed by atoms with van der Waals surface area (Å²) in [5.41, 5.74) is 9.58. The highest BCUT2D eigenvalue weighted by Crippen LogP contribution is 2.17. The summed E-state index contributed by atoms with van der Waals surface area (Å²) in [6.45, 7) is 4.67. The lowest BCUT2D eigenvalue weighted by Gasteiger charge is -2.24. The maximum absolute atomic E-state index is 13.2. The summed E-state index contributed by atoms with van der Waals surface area (Å²) in [5, 5.41) is 4.00. The molecular formula is C27H34N4O4. The largest absolute Gasteiger partial charge is 0.361 e. The predicted octanol–water partition coefficient (Wildman–Crippen LogP) is 3.35. The van der Waals surface area contributed by atoms with Crippen molar-refractivity contribution in [2.45, 2.75) is 59.0 Å². The molecule has 0 saturated heterocycles. The molecule has 0 bridgehead atoms. The number of hydrogen-bond donors (Lipinski definition) is 2. The van der Waals surface area contributed by atoms with E-state index in [0.717, 1.165) is 11.1 Å². The van der Waals surface area contributed by atoms with Crippen LogP contribution in [0.4, 0.5) is 0 Å². The molecule has 0 radical (unpaired) electrons. The van der Waals surface area contributed by atoms with E-state index in [4.69, 9.17) is 5.73 Å². The van der Waals surface area contributed by atoms with Gasteiger partial charge in [-0.1, -0.05) is 80.9 Å². The van der Waals surface area contributed by atoms with E-state index >= 15 is 0 Å². The van der Waals surface area contributed by atoms with E-state index in [1.54, 1.807) is 4.90 Å². The Hall–Kier alpha value is -3.81. The zero-order chi connectivity index (χ0) is 25.6. The van der Waals surface area contributed by atoms with Gasteiger partial charge in [0, 0.05) is 31.6 Å². The first kappa shape index (κ1) is 27.4. The molecule has 0 spiro atoms. The number of benzene rings is 2. The van der Waals surface area contributed by atoms with E-state index in [0.29, 0.717) is 38.1 Å². The Morgan fingerprint density at radius 2 is 1.40 bits per heavy atom. The molecule has 0 aromatic heterocycles. The Labute approximate surface area is 206 Å². The van der Waals surface area contributed by atoms with E-state index in [2.05, 4.69) is 10.5 Å². The van der Waals surface area contributed by atoms with E-state index in [1.807, 2.05) is 74.5 Å². The summed E-state index contributed by atoms with van der Waals surface area (Å²) >= 11 is 0. The van der Waals surface area contributed by atoms with Gasteiger partial charge in [0.25, 0.3) is 0 Å². The third-order valence-corrected chi connectivity index (χ3v) is 5.60. The van der Waals surface area contributed by atoms with Crippen LogP contribution in [0.1, 0.15) is 57.1 Å². The Morgan fingerprint density at radius 3 is 1.86 bits per heavy atom. The fourth-order valence-electron chi connectivity index (χ4n) is 3.79. The van der Waals surface area contributed by atoms with Gasteiger partial charge in [-0.25, -0.2) is 5.43 Å². The topological polar surface area (TPSA) is 122 Å². The minimum absolute atomic E-state index is 0.0594. The van der Waals surface area contributed by atoms with Gasteiger partial charge in [-0.2, -0.15) is 5.10 Å². The van der Waals surface area contributed by atoms with Crippen molar-refractivity contribution in [3.8, 4) is 0 Å². The van der Waals surface area contributed by atoms with E-state index < -0.39 is 17.7 Å². The number of nitrogens with one attached hydrogen (secondary N) is 1. The number of rotatable bonds is 13. The standard InChI is InChI=1S/C27H34N4O4/c1-3-11-23(29-30-27(35)26(28)34)22(4-2)24(32)16-17-25(33)31(18-20-12-7-5-8-13-20)19-21-14-9-6-10-15-21/h5-10,12-15,22H,3-4,11,16-19H2,1-2H3,(H2,28,34)(H,30,35)/b29-23-/t22-/m1/s1. The van der Waals surface area contributed by atoms with Crippen LogP contribution in [0.25, 0.3) is 0 Å². The maximum atomic E-state index is 13.2. The molecule has 35 heavy (non-hydrogen) atoms. The van der Waals surface area contributed by atoms with Crippen molar-refractivity contribution in [3.05, 3.63) is 71.8 Å². The molecule has 0 heterocycles. The molecule has 0 aliphatic heterocycles. The fraction of sp³-hybridized carbons (Fsp3) is 0.370. The second-order valence-corrected chi connectivity index (χ2v) is 8.31. The molecule has 0 saturated carbocycles. The second-order valence-electron chi connectivity index (χ2n) is 8.31. The van der Waals surface area contributed by atoms with Gasteiger partial charge in [0.2, 0.25) is 5.91 Å². The van der Waals surface area contributed by atoms with Crippen LogP contribution in [0.15, 0.2) is 65.8 Å². The number of amides is 3. The van der Waals surface area contributed by atoms with Crippen LogP contribution in [-0.2, 0) is 32.3 Å². The van der Waals surface area contributed by atoms with E-state index in [-0.39, 0.29) is 24.5 Å². The van der Waals surface area contributed by atoms with Crippen LogP contribution in [0.3, 0.4) is 0 Å². The van der Waals surface area contributed by atoms with Crippen LogP contribution in [0.5, 0.6) is 0 Å². The SMILES string of the molecule is CCC/C(=N/NC(=O)C(N)=O)[C@@H](CC)C(=O)CCC(=O)N(Cc1ccccc1)Cc1ccccc1. The number of hydrogen-bond acceptors (Lipinski definition) is 5. The van der Waals surface area contributed by atoms with Crippen LogP contribution < -0.4 is 11.2 Å². The number of nitrogens with zero attached hydrogens (tertiary/aromatic N) is 2. The molecule has 186 valence electrons. The molecule has 2 aromatic carbocycles. The lowest BCUT2D eigenvalue weighted by atomic mass is 9.90. The van der Waals surface area contributed by atoms with Gasteiger partial charge in [-0.05, 0) is 24.0 Å². The summed E-state index contributed by atoms with van der Waals surface area (Å²) in [4.78, 5) is 50.5. The second kappa shape index (κ2) is 14.5. The molecule has 0 aliphatic carbocycles. The number of hydrazone groups is 1. The quantitative estimate of drug-likeness (QED) is 0.260. The third kappa shape index (κ3) is 9.16. The zero-order valence-electron chi connectivity index (χ0n) is 20.4. The maximum Gasteiger partial charge on any atom is 0.329 e. The summed E-state index contributed by atoms with van der Waals surface area (Å²) in [6, 6.07) is 19.5. The molecular weight excluding hydrogens is 444 g/mol.